The molecule has 266 valence electrons. The Morgan fingerprint density at radius 1 is 0.878 bits per heavy atom. The van der Waals surface area contributed by atoms with Crippen molar-refractivity contribution in [2.75, 3.05) is 72.2 Å². The maximum absolute atomic E-state index is 14.1. The van der Waals surface area contributed by atoms with Crippen LogP contribution >= 0.6 is 0 Å². The Balaban J connectivity index is 1.61. The van der Waals surface area contributed by atoms with Gasteiger partial charge in [0.2, 0.25) is 0 Å². The van der Waals surface area contributed by atoms with Gasteiger partial charge >= 0.3 is 0 Å². The summed E-state index contributed by atoms with van der Waals surface area (Å²) in [5.41, 5.74) is 3.17. The number of amides is 2. The third-order valence-electron chi connectivity index (χ3n) is 9.19. The van der Waals surface area contributed by atoms with E-state index < -0.39 is 17.7 Å². The van der Waals surface area contributed by atoms with Crippen LogP contribution in [0.2, 0.25) is 0 Å². The first-order valence-electron chi connectivity index (χ1n) is 17.2. The summed E-state index contributed by atoms with van der Waals surface area (Å²) >= 11 is 0. The summed E-state index contributed by atoms with van der Waals surface area (Å²) in [6, 6.07) is 22.5. The number of hydrogen-bond acceptors (Lipinski definition) is 8. The van der Waals surface area contributed by atoms with Crippen LogP contribution < -0.4 is 20.3 Å². The monoisotopic (exact) mass is 674 g/mol. The molecule has 49 heavy (non-hydrogen) atoms. The Labute approximate surface area is 291 Å². The van der Waals surface area contributed by atoms with Crippen molar-refractivity contribution in [1.29, 1.82) is 0 Å². The normalized spacial score (nSPS) is 14.6. The standard InChI is InChI=1S/C39H54N4O6/c1-39(2,32-15-12-16-34(27-32)49-5)40-28-36(44)35(23-29-13-8-6-9-14-29)41-37(45)30-24-31(26-33(25-30)42-17-10-7-11-18-42)38(46)43(19-21-47-3)20-22-48-4/h6,8-9,12-16,24-27,35-36,40,44H,7,10-11,17-23,28H2,1-5H3,(H,41,45)/t35-,36+/m0/s1. The molecule has 10 heteroatoms. The van der Waals surface area contributed by atoms with Gasteiger partial charge in [0.05, 0.1) is 32.5 Å². The molecule has 0 spiro atoms. The maximum atomic E-state index is 14.1. The van der Waals surface area contributed by atoms with Crippen molar-refractivity contribution in [2.45, 2.75) is 57.2 Å². The smallest absolute Gasteiger partial charge is 0.254 e. The molecule has 3 N–H and O–H groups in total. The highest BCUT2D eigenvalue weighted by molar-refractivity contribution is 6.01. The van der Waals surface area contributed by atoms with E-state index in [9.17, 15) is 14.7 Å². The molecule has 0 bridgehead atoms. The lowest BCUT2D eigenvalue weighted by atomic mass is 9.93. The molecule has 1 heterocycles. The van der Waals surface area contributed by atoms with Crippen LogP contribution in [0.25, 0.3) is 0 Å². The molecule has 0 unspecified atom stereocenters. The first-order valence-corrected chi connectivity index (χ1v) is 17.2. The molecule has 1 aliphatic heterocycles. The number of hydrogen-bond donors (Lipinski definition) is 3. The minimum Gasteiger partial charge on any atom is -0.497 e. The highest BCUT2D eigenvalue weighted by Gasteiger charge is 2.28. The second kappa shape index (κ2) is 18.7. The van der Waals surface area contributed by atoms with Gasteiger partial charge < -0.3 is 39.8 Å². The topological polar surface area (TPSA) is 113 Å². The average molecular weight is 675 g/mol. The van der Waals surface area contributed by atoms with Gasteiger partial charge in [-0.05, 0) is 81.0 Å². The fraction of sp³-hybridized carbons (Fsp3) is 0.487. The molecule has 0 aliphatic carbocycles. The molecule has 1 saturated heterocycles. The number of ether oxygens (including phenoxy) is 3. The number of carbonyl (C=O) groups excluding carboxylic acids is 2. The van der Waals surface area contributed by atoms with Crippen LogP contribution in [0.1, 0.15) is 65.0 Å². The van der Waals surface area contributed by atoms with Crippen LogP contribution in [0.3, 0.4) is 0 Å². The molecule has 4 rings (SSSR count). The fourth-order valence-corrected chi connectivity index (χ4v) is 6.12. The second-order valence-corrected chi connectivity index (χ2v) is 13.2. The molecule has 1 fully saturated rings. The van der Waals surface area contributed by atoms with E-state index in [0.29, 0.717) is 43.9 Å². The van der Waals surface area contributed by atoms with E-state index in [0.717, 1.165) is 54.9 Å². The van der Waals surface area contributed by atoms with E-state index in [4.69, 9.17) is 14.2 Å². The minimum absolute atomic E-state index is 0.188. The Morgan fingerprint density at radius 2 is 1.55 bits per heavy atom. The third-order valence-corrected chi connectivity index (χ3v) is 9.19. The quantitative estimate of drug-likeness (QED) is 0.179. The largest absolute Gasteiger partial charge is 0.497 e. The molecule has 3 aromatic rings. The number of piperidine rings is 1. The molecule has 0 saturated carbocycles. The van der Waals surface area contributed by atoms with Crippen molar-refractivity contribution in [1.82, 2.24) is 15.5 Å². The highest BCUT2D eigenvalue weighted by Crippen LogP contribution is 2.26. The number of nitrogens with one attached hydrogen (secondary N) is 2. The first-order chi connectivity index (χ1) is 23.6. The molecule has 0 radical (unpaired) electrons. The second-order valence-electron chi connectivity index (χ2n) is 13.2. The molecular formula is C39H54N4O6. The SMILES string of the molecule is COCCN(CCOC)C(=O)c1cc(C(=O)N[C@@H](Cc2ccccc2)[C@H](O)CNC(C)(C)c2cccc(OC)c2)cc(N2CCCCC2)c1. The molecule has 1 aliphatic rings. The van der Waals surface area contributed by atoms with E-state index in [1.165, 1.54) is 0 Å². The molecule has 10 nitrogen and oxygen atoms in total. The predicted octanol–water partition coefficient (Wildman–Crippen LogP) is 4.65. The van der Waals surface area contributed by atoms with Gasteiger partial charge in [0, 0.05) is 69.3 Å². The Kier molecular flexibility index (Phi) is 14.5. The maximum Gasteiger partial charge on any atom is 0.254 e. The number of carbonyl (C=O) groups is 2. The zero-order valence-corrected chi connectivity index (χ0v) is 29.7. The number of aliphatic hydroxyl groups is 1. The van der Waals surface area contributed by atoms with Crippen molar-refractivity contribution in [2.24, 2.45) is 0 Å². The van der Waals surface area contributed by atoms with E-state index >= 15 is 0 Å². The highest BCUT2D eigenvalue weighted by atomic mass is 16.5. The fourth-order valence-electron chi connectivity index (χ4n) is 6.12. The summed E-state index contributed by atoms with van der Waals surface area (Å²) in [6.07, 6.45) is 2.77. The van der Waals surface area contributed by atoms with Gasteiger partial charge in [-0.1, -0.05) is 42.5 Å². The van der Waals surface area contributed by atoms with Crippen LogP contribution in [0, 0.1) is 0 Å². The summed E-state index contributed by atoms with van der Waals surface area (Å²) in [7, 11) is 4.85. The Bertz CT molecular complexity index is 1470. The summed E-state index contributed by atoms with van der Waals surface area (Å²) in [5, 5.41) is 18.3. The average Bonchev–Trinajstić information content (AvgIpc) is 3.14. The van der Waals surface area contributed by atoms with Crippen molar-refractivity contribution in [3.05, 3.63) is 95.1 Å². The van der Waals surface area contributed by atoms with Crippen LogP contribution in [0.4, 0.5) is 5.69 Å². The molecule has 2 amide bonds. The van der Waals surface area contributed by atoms with E-state index in [1.807, 2.05) is 80.6 Å². The number of aliphatic hydroxyl groups excluding tert-OH is 1. The summed E-state index contributed by atoms with van der Waals surface area (Å²) in [4.78, 5) is 31.9. The van der Waals surface area contributed by atoms with Gasteiger partial charge in [0.15, 0.2) is 0 Å². The Morgan fingerprint density at radius 3 is 2.20 bits per heavy atom. The van der Waals surface area contributed by atoms with Crippen LogP contribution in [-0.4, -0.2) is 101 Å². The molecular weight excluding hydrogens is 620 g/mol. The van der Waals surface area contributed by atoms with Crippen molar-refractivity contribution in [3.8, 4) is 5.75 Å². The lowest BCUT2D eigenvalue weighted by Crippen LogP contribution is -2.51. The molecule has 2 atom stereocenters. The lowest BCUT2D eigenvalue weighted by Gasteiger charge is -2.32. The first kappa shape index (κ1) is 37.9. The van der Waals surface area contributed by atoms with E-state index in [2.05, 4.69) is 15.5 Å². The minimum atomic E-state index is -0.918. The van der Waals surface area contributed by atoms with Gasteiger partial charge in [0.1, 0.15) is 5.75 Å². The van der Waals surface area contributed by atoms with Gasteiger partial charge in [-0.25, -0.2) is 0 Å². The van der Waals surface area contributed by atoms with Crippen molar-refractivity contribution in [3.63, 3.8) is 0 Å². The third kappa shape index (κ3) is 11.0. The zero-order valence-electron chi connectivity index (χ0n) is 29.7. The summed E-state index contributed by atoms with van der Waals surface area (Å²) in [6.45, 7) is 7.62. The summed E-state index contributed by atoms with van der Waals surface area (Å²) in [5.74, 6) is 0.222. The van der Waals surface area contributed by atoms with E-state index in [-0.39, 0.29) is 18.4 Å². The van der Waals surface area contributed by atoms with Crippen LogP contribution in [0.5, 0.6) is 5.75 Å². The predicted molar refractivity (Wildman–Crippen MR) is 194 cm³/mol. The number of benzene rings is 3. The Hall–Kier alpha value is -3.96. The van der Waals surface area contributed by atoms with Gasteiger partial charge in [-0.2, -0.15) is 0 Å². The van der Waals surface area contributed by atoms with Gasteiger partial charge in [-0.3, -0.25) is 9.59 Å². The van der Waals surface area contributed by atoms with Crippen LogP contribution in [-0.2, 0) is 21.4 Å². The number of methoxy groups -OCH3 is 3. The number of nitrogens with zero attached hydrogens (tertiary/aromatic N) is 2. The van der Waals surface area contributed by atoms with Gasteiger partial charge in [0.25, 0.3) is 11.8 Å². The van der Waals surface area contributed by atoms with Crippen LogP contribution in [0.15, 0.2) is 72.8 Å². The summed E-state index contributed by atoms with van der Waals surface area (Å²) < 4.78 is 16.0. The van der Waals surface area contributed by atoms with E-state index in [1.54, 1.807) is 32.3 Å². The zero-order chi connectivity index (χ0) is 35.2. The number of anilines is 1. The molecule has 0 aromatic heterocycles. The number of rotatable bonds is 18. The van der Waals surface area contributed by atoms with Crippen molar-refractivity contribution >= 4 is 17.5 Å². The molecule has 3 aromatic carbocycles. The van der Waals surface area contributed by atoms with Gasteiger partial charge in [-0.15, -0.1) is 0 Å². The lowest BCUT2D eigenvalue weighted by molar-refractivity contribution is 0.0627. The van der Waals surface area contributed by atoms with Crippen molar-refractivity contribution < 1.29 is 28.9 Å².